The van der Waals surface area contributed by atoms with Crippen LogP contribution in [0.5, 0.6) is 0 Å². The van der Waals surface area contributed by atoms with Crippen molar-refractivity contribution in [1.82, 2.24) is 10.2 Å². The number of nitrogens with one attached hydrogen (secondary N) is 1. The number of nitrogens with zero attached hydrogens (tertiary/aromatic N) is 1. The summed E-state index contributed by atoms with van der Waals surface area (Å²) in [5, 5.41) is 6.40. The number of amides is 2. The van der Waals surface area contributed by atoms with Gasteiger partial charge in [-0.3, -0.25) is 9.59 Å². The normalized spacial score (nSPS) is 10.3. The fraction of sp³-hybridized carbons (Fsp3) is 0.250. The predicted molar refractivity (Wildman–Crippen MR) is 91.9 cm³/mol. The first kappa shape index (κ1) is 16.7. The number of halogens is 1. The molecule has 0 unspecified atom stereocenters. The Morgan fingerprint density at radius 1 is 1.27 bits per heavy atom. The van der Waals surface area contributed by atoms with Crippen LogP contribution in [-0.2, 0) is 11.3 Å². The van der Waals surface area contributed by atoms with E-state index in [0.29, 0.717) is 18.7 Å². The molecule has 0 fully saturated rings. The zero-order valence-electron chi connectivity index (χ0n) is 12.2. The smallest absolute Gasteiger partial charge is 0.252 e. The van der Waals surface area contributed by atoms with Crippen LogP contribution in [0, 0.1) is 0 Å². The summed E-state index contributed by atoms with van der Waals surface area (Å²) in [5.74, 6) is -0.135. The highest BCUT2D eigenvalue weighted by molar-refractivity contribution is 9.10. The summed E-state index contributed by atoms with van der Waals surface area (Å²) in [4.78, 5) is 25.5. The van der Waals surface area contributed by atoms with Gasteiger partial charge in [-0.2, -0.15) is 11.3 Å². The van der Waals surface area contributed by atoms with E-state index in [1.807, 2.05) is 29.6 Å². The highest BCUT2D eigenvalue weighted by atomic mass is 79.9. The molecule has 1 heterocycles. The second-order valence-electron chi connectivity index (χ2n) is 4.86. The summed E-state index contributed by atoms with van der Waals surface area (Å²) in [5.41, 5.74) is 1.69. The highest BCUT2D eigenvalue weighted by Crippen LogP contribution is 2.17. The number of carbonyl (C=O) groups is 2. The van der Waals surface area contributed by atoms with E-state index in [2.05, 4.69) is 21.2 Å². The van der Waals surface area contributed by atoms with Crippen LogP contribution in [0.3, 0.4) is 0 Å². The van der Waals surface area contributed by atoms with Crippen molar-refractivity contribution in [2.75, 3.05) is 13.6 Å². The molecule has 0 aliphatic heterocycles. The van der Waals surface area contributed by atoms with Crippen LogP contribution in [0.2, 0.25) is 0 Å². The Morgan fingerprint density at radius 2 is 2.05 bits per heavy atom. The minimum absolute atomic E-state index is 0.00127. The number of carbonyl (C=O) groups excluding carboxylic acids is 2. The summed E-state index contributed by atoms with van der Waals surface area (Å²) >= 11 is 4.95. The van der Waals surface area contributed by atoms with Gasteiger partial charge >= 0.3 is 0 Å². The molecule has 2 rings (SSSR count). The van der Waals surface area contributed by atoms with Gasteiger partial charge in [0.1, 0.15) is 0 Å². The summed E-state index contributed by atoms with van der Waals surface area (Å²) in [6.45, 7) is 0.881. The molecule has 0 spiro atoms. The van der Waals surface area contributed by atoms with E-state index < -0.39 is 0 Å². The Balaban J connectivity index is 1.77. The van der Waals surface area contributed by atoms with E-state index in [4.69, 9.17) is 0 Å². The van der Waals surface area contributed by atoms with Crippen LogP contribution in [0.15, 0.2) is 45.6 Å². The van der Waals surface area contributed by atoms with Crippen molar-refractivity contribution in [2.45, 2.75) is 13.0 Å². The lowest BCUT2D eigenvalue weighted by Gasteiger charge is -2.18. The molecule has 1 aromatic carbocycles. The van der Waals surface area contributed by atoms with Gasteiger partial charge in [-0.15, -0.1) is 0 Å². The number of hydrogen-bond acceptors (Lipinski definition) is 3. The first-order valence-electron chi connectivity index (χ1n) is 6.85. The molecule has 0 atom stereocenters. The van der Waals surface area contributed by atoms with E-state index in [1.54, 1.807) is 23.4 Å². The van der Waals surface area contributed by atoms with Gasteiger partial charge in [-0.1, -0.05) is 34.1 Å². The maximum absolute atomic E-state index is 12.1. The van der Waals surface area contributed by atoms with Gasteiger partial charge in [0.25, 0.3) is 5.91 Å². The van der Waals surface area contributed by atoms with Crippen molar-refractivity contribution >= 4 is 39.1 Å². The SMILES string of the molecule is CN(Cc1ccccc1Br)C(=O)CCNC(=O)c1ccsc1. The Kier molecular flexibility index (Phi) is 6.15. The van der Waals surface area contributed by atoms with Crippen molar-refractivity contribution < 1.29 is 9.59 Å². The Bertz CT molecular complexity index is 643. The topological polar surface area (TPSA) is 49.4 Å². The number of rotatable bonds is 6. The zero-order valence-corrected chi connectivity index (χ0v) is 14.6. The maximum Gasteiger partial charge on any atom is 0.252 e. The molecule has 4 nitrogen and oxygen atoms in total. The van der Waals surface area contributed by atoms with Gasteiger partial charge < -0.3 is 10.2 Å². The summed E-state index contributed by atoms with van der Waals surface area (Å²) in [6.07, 6.45) is 0.289. The molecular formula is C16H17BrN2O2S. The lowest BCUT2D eigenvalue weighted by atomic mass is 10.2. The van der Waals surface area contributed by atoms with E-state index in [-0.39, 0.29) is 18.2 Å². The standard InChI is InChI=1S/C16H17BrN2O2S/c1-19(10-12-4-2-3-5-14(12)17)15(20)6-8-18-16(21)13-7-9-22-11-13/h2-5,7,9,11H,6,8,10H2,1H3,(H,18,21). The first-order chi connectivity index (χ1) is 10.6. The second kappa shape index (κ2) is 8.10. The van der Waals surface area contributed by atoms with Crippen molar-refractivity contribution in [2.24, 2.45) is 0 Å². The van der Waals surface area contributed by atoms with Crippen molar-refractivity contribution in [1.29, 1.82) is 0 Å². The number of hydrogen-bond donors (Lipinski definition) is 1. The molecule has 0 aliphatic rings. The van der Waals surface area contributed by atoms with Gasteiger partial charge in [0, 0.05) is 42.0 Å². The third-order valence-corrected chi connectivity index (χ3v) is 4.66. The molecular weight excluding hydrogens is 364 g/mol. The molecule has 1 aromatic heterocycles. The Labute approximate surface area is 142 Å². The molecule has 0 bridgehead atoms. The van der Waals surface area contributed by atoms with Gasteiger partial charge in [-0.05, 0) is 23.1 Å². The third-order valence-electron chi connectivity index (χ3n) is 3.20. The lowest BCUT2D eigenvalue weighted by Crippen LogP contribution is -2.31. The molecule has 1 N–H and O–H groups in total. The molecule has 116 valence electrons. The fourth-order valence-corrected chi connectivity index (χ4v) is 2.99. The molecule has 0 saturated carbocycles. The van der Waals surface area contributed by atoms with Gasteiger partial charge in [0.05, 0.1) is 0 Å². The monoisotopic (exact) mass is 380 g/mol. The Morgan fingerprint density at radius 3 is 2.73 bits per heavy atom. The van der Waals surface area contributed by atoms with Crippen LogP contribution in [0.25, 0.3) is 0 Å². The first-order valence-corrected chi connectivity index (χ1v) is 8.59. The molecule has 6 heteroatoms. The van der Waals surface area contributed by atoms with Crippen molar-refractivity contribution in [3.05, 3.63) is 56.7 Å². The van der Waals surface area contributed by atoms with Gasteiger partial charge in [-0.25, -0.2) is 0 Å². The van der Waals surface area contributed by atoms with E-state index in [0.717, 1.165) is 10.0 Å². The molecule has 22 heavy (non-hydrogen) atoms. The number of thiophene rings is 1. The van der Waals surface area contributed by atoms with Crippen LogP contribution < -0.4 is 5.32 Å². The van der Waals surface area contributed by atoms with Gasteiger partial charge in [0.15, 0.2) is 0 Å². The van der Waals surface area contributed by atoms with E-state index in [1.165, 1.54) is 11.3 Å². The maximum atomic E-state index is 12.1. The second-order valence-corrected chi connectivity index (χ2v) is 6.49. The largest absolute Gasteiger partial charge is 0.351 e. The van der Waals surface area contributed by atoms with Crippen LogP contribution in [0.4, 0.5) is 0 Å². The summed E-state index contributed by atoms with van der Waals surface area (Å²) in [6, 6.07) is 9.58. The lowest BCUT2D eigenvalue weighted by molar-refractivity contribution is -0.130. The van der Waals surface area contributed by atoms with E-state index >= 15 is 0 Å². The predicted octanol–water partition coefficient (Wildman–Crippen LogP) is 3.29. The Hall–Kier alpha value is -1.66. The molecule has 0 aliphatic carbocycles. The minimum Gasteiger partial charge on any atom is -0.351 e. The average molecular weight is 381 g/mol. The van der Waals surface area contributed by atoms with Crippen molar-refractivity contribution in [3.63, 3.8) is 0 Å². The van der Waals surface area contributed by atoms with Crippen LogP contribution in [0.1, 0.15) is 22.3 Å². The third kappa shape index (κ3) is 4.68. The quantitative estimate of drug-likeness (QED) is 0.835. The molecule has 2 amide bonds. The minimum atomic E-state index is -0.137. The zero-order chi connectivity index (χ0) is 15.9. The van der Waals surface area contributed by atoms with Crippen molar-refractivity contribution in [3.8, 4) is 0 Å². The fourth-order valence-electron chi connectivity index (χ4n) is 1.94. The average Bonchev–Trinajstić information content (AvgIpc) is 3.03. The van der Waals surface area contributed by atoms with E-state index in [9.17, 15) is 9.59 Å². The molecule has 0 radical (unpaired) electrons. The van der Waals surface area contributed by atoms with Crippen LogP contribution in [-0.4, -0.2) is 30.3 Å². The molecule has 0 saturated heterocycles. The summed E-state index contributed by atoms with van der Waals surface area (Å²) < 4.78 is 0.986. The van der Waals surface area contributed by atoms with Crippen LogP contribution >= 0.6 is 27.3 Å². The molecule has 2 aromatic rings. The summed E-state index contributed by atoms with van der Waals surface area (Å²) in [7, 11) is 1.77. The van der Waals surface area contributed by atoms with Gasteiger partial charge in [0.2, 0.25) is 5.91 Å². The number of benzene rings is 1. The highest BCUT2D eigenvalue weighted by Gasteiger charge is 2.12.